The highest BCUT2D eigenvalue weighted by molar-refractivity contribution is 5.85. The molecule has 0 bridgehead atoms. The van der Waals surface area contributed by atoms with Crippen LogP contribution in [0.3, 0.4) is 0 Å². The summed E-state index contributed by atoms with van der Waals surface area (Å²) in [6.07, 6.45) is 1.42. The number of hydrogen-bond donors (Lipinski definition) is 3. The Bertz CT molecular complexity index is 402. The molecular formula is C9H11NO7. The molecule has 0 aromatic carbocycles. The lowest BCUT2D eigenvalue weighted by atomic mass is 9.68. The summed E-state index contributed by atoms with van der Waals surface area (Å²) in [6, 6.07) is 0. The average Bonchev–Trinajstić information content (AvgIpc) is 2.21. The van der Waals surface area contributed by atoms with Crippen molar-refractivity contribution in [1.29, 1.82) is 0 Å². The highest BCUT2D eigenvalue weighted by atomic mass is 16.6. The van der Waals surface area contributed by atoms with Crippen LogP contribution in [-0.2, 0) is 9.59 Å². The highest BCUT2D eigenvalue weighted by Crippen LogP contribution is 2.39. The Morgan fingerprint density at radius 2 is 1.94 bits per heavy atom. The van der Waals surface area contributed by atoms with Crippen LogP contribution in [0.15, 0.2) is 12.2 Å². The average molecular weight is 245 g/mol. The Morgan fingerprint density at radius 3 is 2.29 bits per heavy atom. The number of nitro groups is 1. The fourth-order valence-electron chi connectivity index (χ4n) is 1.94. The summed E-state index contributed by atoms with van der Waals surface area (Å²) in [7, 11) is 0. The van der Waals surface area contributed by atoms with Crippen molar-refractivity contribution >= 4 is 11.9 Å². The lowest BCUT2D eigenvalue weighted by Gasteiger charge is -2.37. The predicted octanol–water partition coefficient (Wildman–Crippen LogP) is -0.502. The SMILES string of the molecule is CC1C(O)(C(=O)O)C=CCC1(C(=O)O)[N+](=O)[O-]. The third-order valence-corrected chi connectivity index (χ3v) is 3.22. The molecule has 0 amide bonds. The first-order valence-electron chi connectivity index (χ1n) is 4.71. The normalized spacial score (nSPS) is 36.5. The Kier molecular flexibility index (Phi) is 2.94. The minimum atomic E-state index is -2.55. The van der Waals surface area contributed by atoms with Gasteiger partial charge in [-0.15, -0.1) is 0 Å². The largest absolute Gasteiger partial charge is 0.479 e. The quantitative estimate of drug-likeness (QED) is 0.346. The molecule has 0 fully saturated rings. The third kappa shape index (κ3) is 1.57. The van der Waals surface area contributed by atoms with E-state index in [0.29, 0.717) is 0 Å². The number of nitrogens with zero attached hydrogens (tertiary/aromatic N) is 1. The molecule has 3 unspecified atom stereocenters. The molecule has 1 aliphatic rings. The maximum absolute atomic E-state index is 11.1. The van der Waals surface area contributed by atoms with E-state index in [1.807, 2.05) is 0 Å². The minimum Gasteiger partial charge on any atom is -0.479 e. The van der Waals surface area contributed by atoms with Crippen LogP contribution < -0.4 is 0 Å². The lowest BCUT2D eigenvalue weighted by molar-refractivity contribution is -0.568. The highest BCUT2D eigenvalue weighted by Gasteiger charge is 2.65. The summed E-state index contributed by atoms with van der Waals surface area (Å²) >= 11 is 0. The van der Waals surface area contributed by atoms with Gasteiger partial charge in [0.25, 0.3) is 0 Å². The van der Waals surface area contributed by atoms with Crippen molar-refractivity contribution < 1.29 is 29.8 Å². The lowest BCUT2D eigenvalue weighted by Crippen LogP contribution is -2.63. The molecule has 3 N–H and O–H groups in total. The van der Waals surface area contributed by atoms with Gasteiger partial charge in [-0.1, -0.05) is 13.0 Å². The Labute approximate surface area is 95.3 Å². The molecule has 1 aliphatic carbocycles. The van der Waals surface area contributed by atoms with Crippen molar-refractivity contribution in [2.45, 2.75) is 24.5 Å². The molecule has 94 valence electrons. The van der Waals surface area contributed by atoms with E-state index in [9.17, 15) is 24.8 Å². The first-order chi connectivity index (χ1) is 7.69. The van der Waals surface area contributed by atoms with Gasteiger partial charge in [-0.3, -0.25) is 10.1 Å². The number of carboxylic acids is 2. The van der Waals surface area contributed by atoms with E-state index in [2.05, 4.69) is 0 Å². The fraction of sp³-hybridized carbons (Fsp3) is 0.556. The second-order valence-electron chi connectivity index (χ2n) is 3.95. The molecule has 8 heteroatoms. The van der Waals surface area contributed by atoms with Gasteiger partial charge in [0.15, 0.2) is 5.60 Å². The maximum Gasteiger partial charge on any atom is 0.383 e. The van der Waals surface area contributed by atoms with Gasteiger partial charge in [-0.2, -0.15) is 0 Å². The fourth-order valence-corrected chi connectivity index (χ4v) is 1.94. The summed E-state index contributed by atoms with van der Waals surface area (Å²) in [4.78, 5) is 31.8. The first-order valence-corrected chi connectivity index (χ1v) is 4.71. The number of carboxylic acid groups (broad SMARTS) is 2. The number of carbonyl (C=O) groups is 2. The van der Waals surface area contributed by atoms with Crippen molar-refractivity contribution in [1.82, 2.24) is 0 Å². The molecule has 3 atom stereocenters. The van der Waals surface area contributed by atoms with Gasteiger partial charge in [0, 0.05) is 11.3 Å². The number of rotatable bonds is 3. The van der Waals surface area contributed by atoms with Crippen LogP contribution in [0.4, 0.5) is 0 Å². The van der Waals surface area contributed by atoms with E-state index in [1.165, 1.54) is 0 Å². The standard InChI is InChI=1S/C9H11NO7/c1-5-8(6(11)12,10(16)17)3-2-4-9(5,15)7(13)14/h2,4-5,15H,3H2,1H3,(H,11,12)(H,13,14). The molecule has 0 saturated heterocycles. The van der Waals surface area contributed by atoms with Crippen LogP contribution in [-0.4, -0.2) is 43.3 Å². The summed E-state index contributed by atoms with van der Waals surface area (Å²) in [5, 5.41) is 38.5. The Hall–Kier alpha value is -1.96. The van der Waals surface area contributed by atoms with Crippen LogP contribution in [0.5, 0.6) is 0 Å². The van der Waals surface area contributed by atoms with Crippen LogP contribution in [0.2, 0.25) is 0 Å². The van der Waals surface area contributed by atoms with Crippen LogP contribution in [0, 0.1) is 16.0 Å². The van der Waals surface area contributed by atoms with Crippen molar-refractivity contribution in [3.63, 3.8) is 0 Å². The van der Waals surface area contributed by atoms with Crippen LogP contribution in [0.25, 0.3) is 0 Å². The molecule has 1 rings (SSSR count). The summed E-state index contributed by atoms with van der Waals surface area (Å²) in [5.74, 6) is -5.07. The number of hydrogen-bond acceptors (Lipinski definition) is 5. The van der Waals surface area contributed by atoms with Crippen LogP contribution >= 0.6 is 0 Å². The van der Waals surface area contributed by atoms with Crippen molar-refractivity contribution in [2.24, 2.45) is 5.92 Å². The van der Waals surface area contributed by atoms with Gasteiger partial charge in [-0.05, 0) is 6.08 Å². The second-order valence-corrected chi connectivity index (χ2v) is 3.95. The van der Waals surface area contributed by atoms with Gasteiger partial charge < -0.3 is 15.3 Å². The van der Waals surface area contributed by atoms with Crippen molar-refractivity contribution in [2.75, 3.05) is 0 Å². The zero-order valence-electron chi connectivity index (χ0n) is 8.86. The summed E-state index contributed by atoms with van der Waals surface area (Å²) in [6.45, 7) is 1.04. The molecule has 0 spiro atoms. The zero-order chi connectivity index (χ0) is 13.4. The zero-order valence-corrected chi connectivity index (χ0v) is 8.86. The number of aliphatic carboxylic acids is 2. The predicted molar refractivity (Wildman–Crippen MR) is 52.9 cm³/mol. The van der Waals surface area contributed by atoms with E-state index in [0.717, 1.165) is 19.1 Å². The molecule has 17 heavy (non-hydrogen) atoms. The van der Waals surface area contributed by atoms with E-state index >= 15 is 0 Å². The summed E-state index contributed by atoms with van der Waals surface area (Å²) in [5.41, 5.74) is -5.08. The molecule has 0 radical (unpaired) electrons. The smallest absolute Gasteiger partial charge is 0.383 e. The van der Waals surface area contributed by atoms with Gasteiger partial charge in [0.1, 0.15) is 0 Å². The minimum absolute atomic E-state index is 0.466. The molecule has 0 aromatic rings. The van der Waals surface area contributed by atoms with Crippen LogP contribution in [0.1, 0.15) is 13.3 Å². The van der Waals surface area contributed by atoms with Gasteiger partial charge in [0.05, 0.1) is 5.92 Å². The van der Waals surface area contributed by atoms with Crippen molar-refractivity contribution in [3.05, 3.63) is 22.3 Å². The number of aliphatic hydroxyl groups is 1. The van der Waals surface area contributed by atoms with Crippen molar-refractivity contribution in [3.8, 4) is 0 Å². The van der Waals surface area contributed by atoms with Gasteiger partial charge in [-0.25, -0.2) is 9.59 Å². The second kappa shape index (κ2) is 3.81. The molecule has 8 nitrogen and oxygen atoms in total. The van der Waals surface area contributed by atoms with E-state index in [1.54, 1.807) is 0 Å². The molecular weight excluding hydrogens is 234 g/mol. The Balaban J connectivity index is 3.40. The monoisotopic (exact) mass is 245 g/mol. The molecule has 0 saturated carbocycles. The Morgan fingerprint density at radius 1 is 1.41 bits per heavy atom. The van der Waals surface area contributed by atoms with E-state index < -0.39 is 40.3 Å². The first kappa shape index (κ1) is 13.1. The van der Waals surface area contributed by atoms with E-state index in [4.69, 9.17) is 10.2 Å². The van der Waals surface area contributed by atoms with Gasteiger partial charge >= 0.3 is 17.5 Å². The third-order valence-electron chi connectivity index (χ3n) is 3.22. The maximum atomic E-state index is 11.1. The molecule has 0 aromatic heterocycles. The van der Waals surface area contributed by atoms with Gasteiger partial charge in [0.2, 0.25) is 0 Å². The van der Waals surface area contributed by atoms with E-state index in [-0.39, 0.29) is 0 Å². The summed E-state index contributed by atoms with van der Waals surface area (Å²) < 4.78 is 0. The molecule has 0 aliphatic heterocycles. The molecule has 0 heterocycles. The topological polar surface area (TPSA) is 138 Å².